The van der Waals surface area contributed by atoms with E-state index in [1.54, 1.807) is 0 Å². The van der Waals surface area contributed by atoms with Crippen molar-refractivity contribution in [2.75, 3.05) is 11.9 Å². The molecule has 0 fully saturated rings. The minimum absolute atomic E-state index is 0.737. The molecule has 0 atom stereocenters. The molecule has 0 aliphatic heterocycles. The minimum Gasteiger partial charge on any atom is -0.384 e. The second-order valence-corrected chi connectivity index (χ2v) is 3.44. The van der Waals surface area contributed by atoms with Crippen molar-refractivity contribution in [3.63, 3.8) is 0 Å². The lowest BCUT2D eigenvalue weighted by Gasteiger charge is -2.07. The summed E-state index contributed by atoms with van der Waals surface area (Å²) in [6, 6.07) is 8.11. The molecule has 2 heteroatoms. The van der Waals surface area contributed by atoms with Crippen LogP contribution < -0.4 is 5.32 Å². The van der Waals surface area contributed by atoms with E-state index in [1.165, 1.54) is 6.42 Å². The highest BCUT2D eigenvalue weighted by molar-refractivity contribution is 5.58. The van der Waals surface area contributed by atoms with E-state index < -0.39 is 0 Å². The van der Waals surface area contributed by atoms with Gasteiger partial charge in [0.1, 0.15) is 6.07 Å². The van der Waals surface area contributed by atoms with Gasteiger partial charge in [-0.15, -0.1) is 0 Å². The predicted octanol–water partition coefficient (Wildman–Crippen LogP) is 3.08. The number of hydrogen-bond acceptors (Lipinski definition) is 2. The van der Waals surface area contributed by atoms with E-state index in [9.17, 15) is 0 Å². The van der Waals surface area contributed by atoms with Crippen LogP contribution in [0.25, 0.3) is 0 Å². The smallest absolute Gasteiger partial charge is 0.101 e. The van der Waals surface area contributed by atoms with E-state index in [-0.39, 0.29) is 0 Å². The van der Waals surface area contributed by atoms with Crippen LogP contribution in [-0.4, -0.2) is 6.54 Å². The third-order valence-corrected chi connectivity index (χ3v) is 2.14. The molecule has 2 nitrogen and oxygen atoms in total. The van der Waals surface area contributed by atoms with Gasteiger partial charge in [-0.05, 0) is 31.0 Å². The molecule has 1 aromatic rings. The van der Waals surface area contributed by atoms with Gasteiger partial charge in [-0.25, -0.2) is 0 Å². The molecule has 0 spiro atoms. The molecule has 0 radical (unpaired) electrons. The number of rotatable bonds is 4. The maximum absolute atomic E-state index is 8.91. The van der Waals surface area contributed by atoms with Crippen LogP contribution in [0.1, 0.15) is 30.9 Å². The summed E-state index contributed by atoms with van der Waals surface area (Å²) in [6.07, 6.45) is 2.31. The maximum Gasteiger partial charge on any atom is 0.101 e. The summed E-state index contributed by atoms with van der Waals surface area (Å²) < 4.78 is 0. The van der Waals surface area contributed by atoms with E-state index in [0.717, 1.165) is 29.8 Å². The van der Waals surface area contributed by atoms with Gasteiger partial charge in [-0.1, -0.05) is 19.4 Å². The molecular formula is C12H16N2. The van der Waals surface area contributed by atoms with E-state index in [1.807, 2.05) is 25.1 Å². The summed E-state index contributed by atoms with van der Waals surface area (Å²) in [4.78, 5) is 0. The van der Waals surface area contributed by atoms with E-state index in [4.69, 9.17) is 5.26 Å². The molecule has 0 saturated heterocycles. The summed E-state index contributed by atoms with van der Waals surface area (Å²) in [5.74, 6) is 0. The fourth-order valence-electron chi connectivity index (χ4n) is 1.30. The molecule has 0 aromatic heterocycles. The first-order valence-electron chi connectivity index (χ1n) is 5.02. The average Bonchev–Trinajstić information content (AvgIpc) is 2.20. The summed E-state index contributed by atoms with van der Waals surface area (Å²) in [5.41, 5.74) is 2.82. The van der Waals surface area contributed by atoms with Crippen molar-refractivity contribution in [3.05, 3.63) is 29.3 Å². The van der Waals surface area contributed by atoms with Crippen molar-refractivity contribution >= 4 is 5.69 Å². The summed E-state index contributed by atoms with van der Waals surface area (Å²) in [5, 5.41) is 12.2. The largest absolute Gasteiger partial charge is 0.384 e. The highest BCUT2D eigenvalue weighted by Gasteiger charge is 2.00. The van der Waals surface area contributed by atoms with E-state index in [0.29, 0.717) is 0 Å². The Bertz CT molecular complexity index is 337. The zero-order valence-electron chi connectivity index (χ0n) is 8.80. The molecule has 0 unspecified atom stereocenters. The Morgan fingerprint density at radius 2 is 2.21 bits per heavy atom. The van der Waals surface area contributed by atoms with Gasteiger partial charge in [-0.3, -0.25) is 0 Å². The lowest BCUT2D eigenvalue weighted by Crippen LogP contribution is -2.02. The number of nitrogens with one attached hydrogen (secondary N) is 1. The summed E-state index contributed by atoms with van der Waals surface area (Å²) in [7, 11) is 0. The van der Waals surface area contributed by atoms with Gasteiger partial charge in [0.25, 0.3) is 0 Å². The van der Waals surface area contributed by atoms with Gasteiger partial charge in [-0.2, -0.15) is 5.26 Å². The molecule has 0 aliphatic rings. The molecule has 0 amide bonds. The minimum atomic E-state index is 0.737. The summed E-state index contributed by atoms with van der Waals surface area (Å²) in [6.45, 7) is 5.09. The van der Waals surface area contributed by atoms with Crippen molar-refractivity contribution < 1.29 is 0 Å². The fourth-order valence-corrected chi connectivity index (χ4v) is 1.30. The van der Waals surface area contributed by atoms with Crippen LogP contribution in [-0.2, 0) is 0 Å². The molecule has 1 rings (SSSR count). The highest BCUT2D eigenvalue weighted by Crippen LogP contribution is 2.16. The Morgan fingerprint density at radius 3 is 2.86 bits per heavy atom. The Kier molecular flexibility index (Phi) is 4.00. The molecular weight excluding hydrogens is 172 g/mol. The number of anilines is 1. The second-order valence-electron chi connectivity index (χ2n) is 3.44. The Labute approximate surface area is 85.6 Å². The zero-order valence-corrected chi connectivity index (χ0v) is 8.80. The van der Waals surface area contributed by atoms with Crippen LogP contribution in [0.4, 0.5) is 5.69 Å². The maximum atomic E-state index is 8.91. The highest BCUT2D eigenvalue weighted by atomic mass is 14.9. The predicted molar refractivity (Wildman–Crippen MR) is 59.3 cm³/mol. The fraction of sp³-hybridized carbons (Fsp3) is 0.417. The normalized spacial score (nSPS) is 9.50. The topological polar surface area (TPSA) is 35.8 Å². The molecule has 1 N–H and O–H groups in total. The number of nitriles is 1. The second kappa shape index (κ2) is 5.29. The first-order valence-corrected chi connectivity index (χ1v) is 5.02. The number of nitrogens with zero attached hydrogens (tertiary/aromatic N) is 1. The Morgan fingerprint density at radius 1 is 1.43 bits per heavy atom. The lowest BCUT2D eigenvalue weighted by molar-refractivity contribution is 0.834. The van der Waals surface area contributed by atoms with Crippen molar-refractivity contribution in [2.45, 2.75) is 26.7 Å². The average molecular weight is 188 g/mol. The number of unbranched alkanes of at least 4 members (excludes halogenated alkanes) is 1. The Balaban J connectivity index is 2.72. The quantitative estimate of drug-likeness (QED) is 0.737. The molecule has 0 heterocycles. The Hall–Kier alpha value is -1.49. The first-order chi connectivity index (χ1) is 6.77. The zero-order chi connectivity index (χ0) is 10.4. The standard InChI is InChI=1S/C12H16N2/c1-3-4-7-14-12-6-5-10(2)8-11(12)9-13/h5-6,8,14H,3-4,7H2,1-2H3. The molecule has 0 aliphatic carbocycles. The van der Waals surface area contributed by atoms with Crippen LogP contribution in [0.3, 0.4) is 0 Å². The molecule has 1 aromatic carbocycles. The van der Waals surface area contributed by atoms with Crippen LogP contribution in [0.2, 0.25) is 0 Å². The third kappa shape index (κ3) is 2.77. The van der Waals surface area contributed by atoms with E-state index in [2.05, 4.69) is 18.3 Å². The van der Waals surface area contributed by atoms with Crippen molar-refractivity contribution in [3.8, 4) is 6.07 Å². The number of aryl methyl sites for hydroxylation is 1. The molecule has 0 saturated carbocycles. The molecule has 0 bridgehead atoms. The van der Waals surface area contributed by atoms with E-state index >= 15 is 0 Å². The lowest BCUT2D eigenvalue weighted by atomic mass is 10.1. The van der Waals surface area contributed by atoms with Crippen LogP contribution in [0, 0.1) is 18.3 Å². The molecule has 14 heavy (non-hydrogen) atoms. The monoisotopic (exact) mass is 188 g/mol. The first kappa shape index (κ1) is 10.6. The van der Waals surface area contributed by atoms with Gasteiger partial charge < -0.3 is 5.32 Å². The van der Waals surface area contributed by atoms with Crippen LogP contribution >= 0.6 is 0 Å². The van der Waals surface area contributed by atoms with Crippen molar-refractivity contribution in [1.82, 2.24) is 0 Å². The van der Waals surface area contributed by atoms with Crippen molar-refractivity contribution in [2.24, 2.45) is 0 Å². The van der Waals surface area contributed by atoms with Gasteiger partial charge in [0, 0.05) is 6.54 Å². The van der Waals surface area contributed by atoms with Gasteiger partial charge in [0.15, 0.2) is 0 Å². The number of hydrogen-bond donors (Lipinski definition) is 1. The van der Waals surface area contributed by atoms with Crippen molar-refractivity contribution in [1.29, 1.82) is 5.26 Å². The number of benzene rings is 1. The van der Waals surface area contributed by atoms with Gasteiger partial charge >= 0.3 is 0 Å². The SMILES string of the molecule is CCCCNc1ccc(C)cc1C#N. The van der Waals surface area contributed by atoms with Crippen LogP contribution in [0.15, 0.2) is 18.2 Å². The van der Waals surface area contributed by atoms with Gasteiger partial charge in [0.05, 0.1) is 11.3 Å². The third-order valence-electron chi connectivity index (χ3n) is 2.14. The summed E-state index contributed by atoms with van der Waals surface area (Å²) >= 11 is 0. The van der Waals surface area contributed by atoms with Crippen LogP contribution in [0.5, 0.6) is 0 Å². The molecule has 74 valence electrons. The van der Waals surface area contributed by atoms with Gasteiger partial charge in [0.2, 0.25) is 0 Å².